The normalized spacial score (nSPS) is 12.4. The number of pyridine rings is 2. The number of likely N-dealkylation sites (N-methyl/N-ethyl adjacent to an activating group) is 1. The number of amides is 1. The Bertz CT molecular complexity index is 1640. The third kappa shape index (κ3) is 5.18. The van der Waals surface area contributed by atoms with E-state index in [0.29, 0.717) is 48.5 Å². The average molecular weight is 548 g/mol. The quantitative estimate of drug-likeness (QED) is 0.331. The predicted octanol–water partition coefficient (Wildman–Crippen LogP) is 5.12. The molecule has 0 spiro atoms. The van der Waals surface area contributed by atoms with E-state index in [4.69, 9.17) is 9.47 Å². The van der Waals surface area contributed by atoms with Gasteiger partial charge in [0.05, 0.1) is 12.2 Å². The number of nitrogens with one attached hydrogen (secondary N) is 2. The van der Waals surface area contributed by atoms with Crippen LogP contribution >= 0.6 is 0 Å². The lowest BCUT2D eigenvalue weighted by atomic mass is 10.2. The van der Waals surface area contributed by atoms with Gasteiger partial charge in [-0.05, 0) is 56.3 Å². The molecular formula is C29H27F2N5O4. The Morgan fingerprint density at radius 2 is 1.88 bits per heavy atom. The van der Waals surface area contributed by atoms with Gasteiger partial charge < -0.3 is 25.0 Å². The Labute approximate surface area is 229 Å². The van der Waals surface area contributed by atoms with Gasteiger partial charge in [-0.25, -0.2) is 13.8 Å². The van der Waals surface area contributed by atoms with Crippen molar-refractivity contribution in [3.63, 3.8) is 0 Å². The molecule has 5 rings (SSSR count). The number of carbonyl (C=O) groups excluding carboxylic acids is 1. The highest BCUT2D eigenvalue weighted by atomic mass is 19.1. The lowest BCUT2D eigenvalue weighted by molar-refractivity contribution is 0.102. The maximum atomic E-state index is 15.0. The summed E-state index contributed by atoms with van der Waals surface area (Å²) in [6, 6.07) is 12.3. The number of fused-ring (bicyclic) bond motifs is 1. The molecule has 4 aromatic rings. The van der Waals surface area contributed by atoms with Crippen molar-refractivity contribution in [1.82, 2.24) is 9.55 Å². The van der Waals surface area contributed by atoms with Gasteiger partial charge in [0.25, 0.3) is 11.5 Å². The summed E-state index contributed by atoms with van der Waals surface area (Å²) in [6.07, 6.45) is 1.56. The molecule has 206 valence electrons. The smallest absolute Gasteiger partial charge is 0.269 e. The van der Waals surface area contributed by atoms with E-state index in [2.05, 4.69) is 15.6 Å². The van der Waals surface area contributed by atoms with Crippen molar-refractivity contribution in [2.45, 2.75) is 13.8 Å². The van der Waals surface area contributed by atoms with Crippen LogP contribution in [0.15, 0.2) is 65.6 Å². The number of hydrogen-bond donors (Lipinski definition) is 2. The van der Waals surface area contributed by atoms with Gasteiger partial charge in [-0.15, -0.1) is 0 Å². The van der Waals surface area contributed by atoms with Crippen LogP contribution in [0.3, 0.4) is 0 Å². The minimum absolute atomic E-state index is 0.0429. The lowest BCUT2D eigenvalue weighted by Crippen LogP contribution is -2.37. The van der Waals surface area contributed by atoms with Gasteiger partial charge in [0.15, 0.2) is 23.1 Å². The summed E-state index contributed by atoms with van der Waals surface area (Å²) in [5, 5.41) is 5.69. The predicted molar refractivity (Wildman–Crippen MR) is 148 cm³/mol. The summed E-state index contributed by atoms with van der Waals surface area (Å²) in [5.74, 6) is -0.141. The van der Waals surface area contributed by atoms with E-state index in [0.717, 1.165) is 11.6 Å². The Morgan fingerprint density at radius 3 is 2.60 bits per heavy atom. The molecule has 1 aliphatic heterocycles. The molecule has 1 amide bonds. The summed E-state index contributed by atoms with van der Waals surface area (Å²) in [7, 11) is 1.79. The summed E-state index contributed by atoms with van der Waals surface area (Å²) in [5.41, 5.74) is 0.357. The van der Waals surface area contributed by atoms with Crippen molar-refractivity contribution in [3.8, 4) is 22.9 Å². The second-order valence-electron chi connectivity index (χ2n) is 9.15. The first-order valence-electron chi connectivity index (χ1n) is 12.6. The van der Waals surface area contributed by atoms with E-state index >= 15 is 4.39 Å². The van der Waals surface area contributed by atoms with E-state index in [1.807, 2.05) is 18.7 Å². The number of halogens is 2. The van der Waals surface area contributed by atoms with Gasteiger partial charge in [-0.3, -0.25) is 14.2 Å². The fraction of sp³-hybridized carbons (Fsp3) is 0.207. The van der Waals surface area contributed by atoms with Crippen LogP contribution in [0, 0.1) is 18.6 Å². The van der Waals surface area contributed by atoms with Crippen LogP contribution in [-0.2, 0) is 0 Å². The Balaban J connectivity index is 1.44. The van der Waals surface area contributed by atoms with Gasteiger partial charge in [-0.1, -0.05) is 0 Å². The molecule has 0 atom stereocenters. The first-order valence-corrected chi connectivity index (χ1v) is 12.6. The largest absolute Gasteiger partial charge is 0.488 e. The summed E-state index contributed by atoms with van der Waals surface area (Å²) in [4.78, 5) is 32.9. The Hall–Kier alpha value is -4.93. The van der Waals surface area contributed by atoms with Crippen molar-refractivity contribution >= 4 is 23.2 Å². The molecule has 2 aromatic carbocycles. The molecule has 0 unspecified atom stereocenters. The molecule has 1 aliphatic rings. The summed E-state index contributed by atoms with van der Waals surface area (Å²) in [6.45, 7) is 5.29. The fourth-order valence-corrected chi connectivity index (χ4v) is 4.39. The van der Waals surface area contributed by atoms with Crippen LogP contribution in [0.2, 0.25) is 0 Å². The molecule has 9 nitrogen and oxygen atoms in total. The van der Waals surface area contributed by atoms with E-state index in [-0.39, 0.29) is 17.0 Å². The third-order valence-corrected chi connectivity index (χ3v) is 6.42. The van der Waals surface area contributed by atoms with Crippen molar-refractivity contribution < 1.29 is 23.0 Å². The molecule has 0 aliphatic carbocycles. The molecule has 0 saturated heterocycles. The zero-order chi connectivity index (χ0) is 28.4. The second kappa shape index (κ2) is 11.0. The highest BCUT2D eigenvalue weighted by Gasteiger charge is 2.26. The molecule has 40 heavy (non-hydrogen) atoms. The minimum atomic E-state index is -0.756. The number of rotatable bonds is 7. The second-order valence-corrected chi connectivity index (χ2v) is 9.15. The average Bonchev–Trinajstić information content (AvgIpc) is 2.93. The maximum absolute atomic E-state index is 15.0. The highest BCUT2D eigenvalue weighted by Crippen LogP contribution is 2.33. The molecule has 11 heteroatoms. The minimum Gasteiger partial charge on any atom is -0.488 e. The fourth-order valence-electron chi connectivity index (χ4n) is 4.39. The number of ether oxygens (including phenoxy) is 2. The number of anilines is 3. The lowest BCUT2D eigenvalue weighted by Gasteiger charge is -2.30. The number of nitrogens with zero attached hydrogens (tertiary/aromatic N) is 3. The van der Waals surface area contributed by atoms with Gasteiger partial charge >= 0.3 is 0 Å². The van der Waals surface area contributed by atoms with Gasteiger partial charge in [0, 0.05) is 43.2 Å². The zero-order valence-corrected chi connectivity index (χ0v) is 22.1. The van der Waals surface area contributed by atoms with Crippen LogP contribution in [0.4, 0.5) is 26.1 Å². The van der Waals surface area contributed by atoms with Crippen molar-refractivity contribution in [3.05, 3.63) is 93.9 Å². The molecule has 0 saturated carbocycles. The van der Waals surface area contributed by atoms with Gasteiger partial charge in [0.1, 0.15) is 29.6 Å². The molecule has 2 aromatic heterocycles. The van der Waals surface area contributed by atoms with Crippen LogP contribution < -0.4 is 30.6 Å². The maximum Gasteiger partial charge on any atom is 0.269 e. The van der Waals surface area contributed by atoms with Gasteiger partial charge in [-0.2, -0.15) is 0 Å². The van der Waals surface area contributed by atoms with Crippen molar-refractivity contribution in [2.75, 3.05) is 42.3 Å². The number of carbonyl (C=O) groups is 1. The van der Waals surface area contributed by atoms with Crippen LogP contribution in [0.5, 0.6) is 17.2 Å². The van der Waals surface area contributed by atoms with Crippen LogP contribution in [0.1, 0.15) is 22.8 Å². The topological polar surface area (TPSA) is 97.7 Å². The SMILES string of the molecule is CCNc1nccc(Oc2ccc(NC(=O)c3cc4c(n(-c5ccc(F)cc5)c3=O)N(C)CCO4)cc2F)c1C. The van der Waals surface area contributed by atoms with E-state index in [9.17, 15) is 14.0 Å². The van der Waals surface area contributed by atoms with E-state index in [1.165, 1.54) is 47.0 Å². The molecular weight excluding hydrogens is 520 g/mol. The number of aromatic nitrogens is 2. The summed E-state index contributed by atoms with van der Waals surface area (Å²) < 4.78 is 41.4. The Kier molecular flexibility index (Phi) is 7.37. The summed E-state index contributed by atoms with van der Waals surface area (Å²) >= 11 is 0. The van der Waals surface area contributed by atoms with Crippen molar-refractivity contribution in [1.29, 1.82) is 0 Å². The first kappa shape index (κ1) is 26.7. The van der Waals surface area contributed by atoms with Crippen molar-refractivity contribution in [2.24, 2.45) is 0 Å². The monoisotopic (exact) mass is 547 g/mol. The Morgan fingerprint density at radius 1 is 1.10 bits per heavy atom. The molecule has 3 heterocycles. The van der Waals surface area contributed by atoms with E-state index in [1.54, 1.807) is 19.3 Å². The third-order valence-electron chi connectivity index (χ3n) is 6.42. The molecule has 0 fully saturated rings. The first-order chi connectivity index (χ1) is 19.3. The van der Waals surface area contributed by atoms with Gasteiger partial charge in [0.2, 0.25) is 0 Å². The molecule has 0 radical (unpaired) electrons. The highest BCUT2D eigenvalue weighted by molar-refractivity contribution is 6.04. The van der Waals surface area contributed by atoms with E-state index < -0.39 is 23.1 Å². The zero-order valence-electron chi connectivity index (χ0n) is 22.1. The molecule has 0 bridgehead atoms. The molecule has 2 N–H and O–H groups in total. The number of benzene rings is 2. The van der Waals surface area contributed by atoms with Crippen LogP contribution in [-0.4, -0.2) is 42.2 Å². The number of hydrogen-bond acceptors (Lipinski definition) is 7. The standard InChI is InChI=1S/C29H27F2N5O4/c1-4-32-26-17(2)23(11-12-33-26)40-24-10-7-19(15-22(24)31)34-27(37)21-16-25-28(35(3)13-14-39-25)36(29(21)38)20-8-5-18(30)6-9-20/h5-12,15-16H,4,13-14H2,1-3H3,(H,32,33)(H,34,37). The van der Waals surface area contributed by atoms with Crippen LogP contribution in [0.25, 0.3) is 5.69 Å².